The zero-order chi connectivity index (χ0) is 26.1. The average Bonchev–Trinajstić information content (AvgIpc) is 3.38. The Kier molecular flexibility index (Phi) is 9.28. The molecule has 194 valence electrons. The van der Waals surface area contributed by atoms with Gasteiger partial charge >= 0.3 is 0 Å². The number of amides is 3. The highest BCUT2D eigenvalue weighted by Gasteiger charge is 2.50. The molecule has 2 heterocycles. The third-order valence-corrected chi connectivity index (χ3v) is 5.61. The van der Waals surface area contributed by atoms with Gasteiger partial charge in [0.2, 0.25) is 11.8 Å². The number of aromatic nitrogens is 1. The van der Waals surface area contributed by atoms with Crippen molar-refractivity contribution in [2.24, 2.45) is 0 Å². The molecule has 0 bridgehead atoms. The summed E-state index contributed by atoms with van der Waals surface area (Å²) in [6.45, 7) is 1.60. The fraction of sp³-hybridized carbons (Fsp3) is 0.458. The van der Waals surface area contributed by atoms with E-state index in [1.807, 2.05) is 30.3 Å². The molecular formula is C24H30N4O8. The van der Waals surface area contributed by atoms with Gasteiger partial charge < -0.3 is 34.7 Å². The van der Waals surface area contributed by atoms with E-state index in [0.717, 1.165) is 5.56 Å². The largest absolute Gasteiger partial charge is 0.382 e. The molecule has 3 N–H and O–H groups in total. The molecule has 1 saturated heterocycles. The molecule has 2 aromatic rings. The van der Waals surface area contributed by atoms with Gasteiger partial charge in [-0.2, -0.15) is 0 Å². The van der Waals surface area contributed by atoms with Crippen LogP contribution in [0.25, 0.3) is 0 Å². The van der Waals surface area contributed by atoms with Crippen LogP contribution in [0.3, 0.4) is 0 Å². The van der Waals surface area contributed by atoms with Crippen molar-refractivity contribution in [2.75, 3.05) is 34.0 Å². The van der Waals surface area contributed by atoms with Crippen molar-refractivity contribution in [1.82, 2.24) is 21.1 Å². The molecule has 0 saturated carbocycles. The molecule has 3 rings (SSSR count). The molecule has 1 aliphatic rings. The lowest BCUT2D eigenvalue weighted by atomic mass is 9.94. The van der Waals surface area contributed by atoms with E-state index in [-0.39, 0.29) is 37.7 Å². The van der Waals surface area contributed by atoms with E-state index in [0.29, 0.717) is 0 Å². The van der Waals surface area contributed by atoms with Crippen LogP contribution in [0.1, 0.15) is 23.0 Å². The van der Waals surface area contributed by atoms with Crippen LogP contribution >= 0.6 is 0 Å². The van der Waals surface area contributed by atoms with Gasteiger partial charge in [-0.25, -0.2) is 0 Å². The van der Waals surface area contributed by atoms with Crippen molar-refractivity contribution in [3.63, 3.8) is 0 Å². The molecule has 1 aliphatic heterocycles. The molecule has 0 unspecified atom stereocenters. The predicted octanol–water partition coefficient (Wildman–Crippen LogP) is -0.364. The number of nitrogens with one attached hydrogen (secondary N) is 3. The number of epoxide rings is 1. The maximum absolute atomic E-state index is 13.2. The molecule has 0 aliphatic carbocycles. The average molecular weight is 503 g/mol. The molecular weight excluding hydrogens is 472 g/mol. The van der Waals surface area contributed by atoms with Crippen molar-refractivity contribution in [3.8, 4) is 0 Å². The third-order valence-electron chi connectivity index (χ3n) is 5.61. The highest BCUT2D eigenvalue weighted by atomic mass is 16.6. The number of carbonyl (C=O) groups excluding carboxylic acids is 4. The number of ether oxygens (including phenoxy) is 3. The first-order valence-electron chi connectivity index (χ1n) is 11.3. The van der Waals surface area contributed by atoms with Crippen LogP contribution in [-0.2, 0) is 35.0 Å². The fourth-order valence-corrected chi connectivity index (χ4v) is 3.48. The van der Waals surface area contributed by atoms with Gasteiger partial charge in [-0.15, -0.1) is 0 Å². The van der Waals surface area contributed by atoms with Crippen molar-refractivity contribution in [2.45, 2.75) is 37.1 Å². The minimum atomic E-state index is -1.15. The number of methoxy groups -OCH3 is 2. The Bertz CT molecular complexity index is 1040. The summed E-state index contributed by atoms with van der Waals surface area (Å²) in [7, 11) is 2.74. The number of hydrogen-bond donors (Lipinski definition) is 3. The van der Waals surface area contributed by atoms with Gasteiger partial charge in [-0.3, -0.25) is 19.2 Å². The summed E-state index contributed by atoms with van der Waals surface area (Å²) in [6, 6.07) is 7.41. The molecule has 12 heteroatoms. The Morgan fingerprint density at radius 3 is 2.06 bits per heavy atom. The van der Waals surface area contributed by atoms with Crippen molar-refractivity contribution in [3.05, 3.63) is 53.9 Å². The molecule has 1 fully saturated rings. The van der Waals surface area contributed by atoms with Crippen LogP contribution in [-0.4, -0.2) is 86.4 Å². The number of Topliss-reactive ketones (excluding diaryl/α,β-unsaturated/α-hetero) is 1. The fourth-order valence-electron chi connectivity index (χ4n) is 3.48. The molecule has 0 spiro atoms. The molecule has 36 heavy (non-hydrogen) atoms. The van der Waals surface area contributed by atoms with Gasteiger partial charge in [-0.1, -0.05) is 35.5 Å². The van der Waals surface area contributed by atoms with Gasteiger partial charge in [0.05, 0.1) is 25.9 Å². The lowest BCUT2D eigenvalue weighted by molar-refractivity contribution is -0.134. The van der Waals surface area contributed by atoms with Crippen LogP contribution in [0.4, 0.5) is 0 Å². The summed E-state index contributed by atoms with van der Waals surface area (Å²) in [5.41, 5.74) is -0.126. The van der Waals surface area contributed by atoms with E-state index in [4.69, 9.17) is 14.2 Å². The maximum Gasteiger partial charge on any atom is 0.274 e. The Labute approximate surface area is 208 Å². The normalized spacial score (nSPS) is 19.0. The summed E-state index contributed by atoms with van der Waals surface area (Å²) in [5.74, 6) is -2.23. The minimum absolute atomic E-state index is 0.0202. The summed E-state index contributed by atoms with van der Waals surface area (Å²) < 4.78 is 20.1. The van der Waals surface area contributed by atoms with E-state index in [1.165, 1.54) is 26.5 Å². The Balaban J connectivity index is 1.70. The number of ketones is 1. The Morgan fingerprint density at radius 2 is 1.53 bits per heavy atom. The van der Waals surface area contributed by atoms with Gasteiger partial charge in [-0.05, 0) is 18.9 Å². The minimum Gasteiger partial charge on any atom is -0.382 e. The van der Waals surface area contributed by atoms with E-state index in [2.05, 4.69) is 25.6 Å². The van der Waals surface area contributed by atoms with Gasteiger partial charge in [0.25, 0.3) is 5.91 Å². The summed E-state index contributed by atoms with van der Waals surface area (Å²) in [5, 5.41) is 11.3. The number of nitrogens with zero attached hydrogens (tertiary/aromatic N) is 1. The van der Waals surface area contributed by atoms with E-state index in [9.17, 15) is 19.2 Å². The topological polar surface area (TPSA) is 161 Å². The highest BCUT2D eigenvalue weighted by Crippen LogP contribution is 2.29. The number of carbonyl (C=O) groups is 4. The lowest BCUT2D eigenvalue weighted by Gasteiger charge is -2.25. The monoisotopic (exact) mass is 502 g/mol. The zero-order valence-electron chi connectivity index (χ0n) is 20.3. The molecule has 12 nitrogen and oxygen atoms in total. The van der Waals surface area contributed by atoms with Crippen LogP contribution < -0.4 is 16.0 Å². The SMILES string of the molecule is COC[C@H](NC(=O)c1ccon1)C(=O)N[C@@H](COC)C(=O)N[C@@H](Cc1ccccc1)C(=O)[C@@]1(C)CO1. The summed E-state index contributed by atoms with van der Waals surface area (Å²) in [4.78, 5) is 51.5. The van der Waals surface area contributed by atoms with E-state index < -0.39 is 41.4 Å². The first kappa shape index (κ1) is 27.0. The lowest BCUT2D eigenvalue weighted by Crippen LogP contribution is -2.59. The second-order valence-corrected chi connectivity index (χ2v) is 8.52. The second-order valence-electron chi connectivity index (χ2n) is 8.52. The van der Waals surface area contributed by atoms with Crippen molar-refractivity contribution >= 4 is 23.5 Å². The highest BCUT2D eigenvalue weighted by molar-refractivity contribution is 5.99. The zero-order valence-corrected chi connectivity index (χ0v) is 20.3. The van der Waals surface area contributed by atoms with E-state index in [1.54, 1.807) is 6.92 Å². The summed E-state index contributed by atoms with van der Waals surface area (Å²) >= 11 is 0. The van der Waals surface area contributed by atoms with Crippen molar-refractivity contribution in [1.29, 1.82) is 0 Å². The maximum atomic E-state index is 13.2. The van der Waals surface area contributed by atoms with Gasteiger partial charge in [0, 0.05) is 20.3 Å². The molecule has 0 radical (unpaired) electrons. The Morgan fingerprint density at radius 1 is 0.944 bits per heavy atom. The number of hydrogen-bond acceptors (Lipinski definition) is 9. The van der Waals surface area contributed by atoms with Gasteiger partial charge in [0.1, 0.15) is 23.9 Å². The molecule has 1 aromatic heterocycles. The van der Waals surface area contributed by atoms with Crippen LogP contribution in [0.15, 0.2) is 47.2 Å². The van der Waals surface area contributed by atoms with E-state index >= 15 is 0 Å². The van der Waals surface area contributed by atoms with Crippen molar-refractivity contribution < 1.29 is 37.9 Å². The summed E-state index contributed by atoms with van der Waals surface area (Å²) in [6.07, 6.45) is 1.47. The number of benzene rings is 1. The van der Waals surface area contributed by atoms with Crippen LogP contribution in [0, 0.1) is 0 Å². The predicted molar refractivity (Wildman–Crippen MR) is 125 cm³/mol. The first-order chi connectivity index (χ1) is 17.3. The molecule has 3 amide bonds. The molecule has 1 aromatic carbocycles. The Hall–Kier alpha value is -3.61. The van der Waals surface area contributed by atoms with Gasteiger partial charge in [0.15, 0.2) is 11.5 Å². The first-order valence-corrected chi connectivity index (χ1v) is 11.3. The number of rotatable bonds is 14. The van der Waals surface area contributed by atoms with Crippen LogP contribution in [0.5, 0.6) is 0 Å². The smallest absolute Gasteiger partial charge is 0.274 e. The second kappa shape index (κ2) is 12.4. The quantitative estimate of drug-likeness (QED) is 0.293. The molecule has 4 atom stereocenters. The van der Waals surface area contributed by atoms with Crippen LogP contribution in [0.2, 0.25) is 0 Å². The standard InChI is InChI=1S/C24H30N4O8/c1-24(14-35-24)20(29)17(11-15-7-5-4-6-8-15)25-22(31)18(12-33-2)27-23(32)19(13-34-3)26-21(30)16-9-10-36-28-16/h4-10,17-19H,11-14H2,1-3H3,(H,25,31)(H,26,30)(H,27,32)/t17-,18-,19-,24+/m0/s1. The third kappa shape index (κ3) is 7.20.